The highest BCUT2D eigenvalue weighted by Gasteiger charge is 2.39. The van der Waals surface area contributed by atoms with Gasteiger partial charge in [-0.1, -0.05) is 52.0 Å². The number of carbonyl (C=O) groups is 2. The van der Waals surface area contributed by atoms with E-state index >= 15 is 0 Å². The molecule has 1 aliphatic heterocycles. The summed E-state index contributed by atoms with van der Waals surface area (Å²) in [6.45, 7) is 11.6. The quantitative estimate of drug-likeness (QED) is 0.515. The fraction of sp³-hybridized carbons (Fsp3) is 0.517. The van der Waals surface area contributed by atoms with E-state index in [1.54, 1.807) is 18.2 Å². The maximum Gasteiger partial charge on any atom is 0.337 e. The van der Waals surface area contributed by atoms with Crippen LogP contribution in [-0.2, 0) is 21.4 Å². The molecular weight excluding hydrogens is 440 g/mol. The Balaban J connectivity index is 1.58. The molecule has 3 atom stereocenters. The molecule has 1 heterocycles. The zero-order chi connectivity index (χ0) is 25.6. The van der Waals surface area contributed by atoms with Gasteiger partial charge in [0.1, 0.15) is 5.75 Å². The zero-order valence-corrected chi connectivity index (χ0v) is 21.7. The fourth-order valence-electron chi connectivity index (χ4n) is 4.93. The number of rotatable bonds is 9. The van der Waals surface area contributed by atoms with Crippen molar-refractivity contribution in [1.82, 2.24) is 10.2 Å². The summed E-state index contributed by atoms with van der Waals surface area (Å²) in [5.41, 5.74) is 2.78. The topological polar surface area (TPSA) is 78.9 Å². The second kappa shape index (κ2) is 11.7. The van der Waals surface area contributed by atoms with Gasteiger partial charge in [-0.25, -0.2) is 4.79 Å². The lowest BCUT2D eigenvalue weighted by Crippen LogP contribution is -2.53. The number of phenols is 1. The van der Waals surface area contributed by atoms with E-state index in [-0.39, 0.29) is 29.1 Å². The van der Waals surface area contributed by atoms with Crippen LogP contribution in [0.2, 0.25) is 0 Å². The van der Waals surface area contributed by atoms with Crippen LogP contribution in [0.25, 0.3) is 0 Å². The van der Waals surface area contributed by atoms with Crippen molar-refractivity contribution in [1.29, 1.82) is 0 Å². The van der Waals surface area contributed by atoms with Crippen molar-refractivity contribution in [2.75, 3.05) is 26.7 Å². The molecule has 0 unspecified atom stereocenters. The van der Waals surface area contributed by atoms with Gasteiger partial charge in [0.25, 0.3) is 0 Å². The molecule has 0 spiro atoms. The lowest BCUT2D eigenvalue weighted by molar-refractivity contribution is -0.122. The van der Waals surface area contributed by atoms with E-state index in [0.717, 1.165) is 31.6 Å². The molecule has 1 saturated heterocycles. The first-order valence-corrected chi connectivity index (χ1v) is 12.6. The van der Waals surface area contributed by atoms with Crippen molar-refractivity contribution in [2.45, 2.75) is 58.4 Å². The molecule has 0 aromatic heterocycles. The van der Waals surface area contributed by atoms with Gasteiger partial charge < -0.3 is 20.1 Å². The molecule has 35 heavy (non-hydrogen) atoms. The van der Waals surface area contributed by atoms with Crippen LogP contribution < -0.4 is 5.32 Å². The number of hydrogen-bond acceptors (Lipinski definition) is 5. The first kappa shape index (κ1) is 26.7. The number of phenolic OH excluding ortho intramolecular Hbond substituents is 1. The Morgan fingerprint density at radius 2 is 1.91 bits per heavy atom. The molecule has 0 aliphatic carbocycles. The fourth-order valence-corrected chi connectivity index (χ4v) is 4.93. The molecular formula is C29H40N2O4. The number of carbonyl (C=O) groups excluding carboxylic acids is 2. The number of methoxy groups -OCH3 is 1. The summed E-state index contributed by atoms with van der Waals surface area (Å²) in [6.07, 6.45) is 2.07. The molecule has 190 valence electrons. The number of ether oxygens (including phenoxy) is 1. The van der Waals surface area contributed by atoms with Gasteiger partial charge in [-0.05, 0) is 72.0 Å². The Morgan fingerprint density at radius 3 is 2.54 bits per heavy atom. The lowest BCUT2D eigenvalue weighted by atomic mass is 9.67. The first-order valence-electron chi connectivity index (χ1n) is 12.6. The van der Waals surface area contributed by atoms with Crippen molar-refractivity contribution in [3.63, 3.8) is 0 Å². The molecule has 6 nitrogen and oxygen atoms in total. The van der Waals surface area contributed by atoms with Crippen LogP contribution in [-0.4, -0.2) is 54.7 Å². The van der Waals surface area contributed by atoms with Crippen LogP contribution in [0.3, 0.4) is 0 Å². The highest BCUT2D eigenvalue weighted by Crippen LogP contribution is 2.39. The summed E-state index contributed by atoms with van der Waals surface area (Å²) in [5.74, 6) is 0.712. The van der Waals surface area contributed by atoms with Crippen molar-refractivity contribution in [3.05, 3.63) is 65.2 Å². The van der Waals surface area contributed by atoms with Gasteiger partial charge in [0.05, 0.1) is 12.7 Å². The smallest absolute Gasteiger partial charge is 0.337 e. The number of amides is 1. The van der Waals surface area contributed by atoms with Crippen LogP contribution in [0.4, 0.5) is 0 Å². The van der Waals surface area contributed by atoms with E-state index in [4.69, 9.17) is 4.74 Å². The molecule has 1 amide bonds. The van der Waals surface area contributed by atoms with Gasteiger partial charge in [-0.2, -0.15) is 0 Å². The number of benzene rings is 2. The summed E-state index contributed by atoms with van der Waals surface area (Å²) in [4.78, 5) is 27.2. The highest BCUT2D eigenvalue weighted by atomic mass is 16.5. The normalized spacial score (nSPS) is 21.5. The third kappa shape index (κ3) is 6.85. The van der Waals surface area contributed by atoms with Gasteiger partial charge in [0.15, 0.2) is 0 Å². The number of nitrogens with zero attached hydrogens (tertiary/aromatic N) is 1. The zero-order valence-electron chi connectivity index (χ0n) is 21.7. The van der Waals surface area contributed by atoms with Gasteiger partial charge in [0, 0.05) is 25.6 Å². The molecule has 2 N–H and O–H groups in total. The standard InChI is InChI=1S/C29H40N2O4/c1-20(2)26(30-27(33)14-11-22-9-12-25(32)13-10-22)19-31-16-15-29(4,21(3)18-31)24-8-6-7-23(17-24)28(34)35-5/h6-10,12-13,17,20-21,26,32H,11,14-16,18-19H2,1-5H3,(H,30,33)/t21-,26+,29+/m0/s1. The van der Waals surface area contributed by atoms with Crippen LogP contribution >= 0.6 is 0 Å². The second-order valence-electron chi connectivity index (χ2n) is 10.5. The van der Waals surface area contributed by atoms with E-state index in [2.05, 4.69) is 44.0 Å². The summed E-state index contributed by atoms with van der Waals surface area (Å²) in [5, 5.41) is 12.7. The number of esters is 1. The van der Waals surface area contributed by atoms with E-state index in [0.29, 0.717) is 30.2 Å². The molecule has 0 bridgehead atoms. The molecule has 1 aliphatic rings. The van der Waals surface area contributed by atoms with E-state index in [1.807, 2.05) is 24.3 Å². The predicted molar refractivity (Wildman–Crippen MR) is 139 cm³/mol. The van der Waals surface area contributed by atoms with Gasteiger partial charge >= 0.3 is 5.97 Å². The molecule has 2 aromatic carbocycles. The van der Waals surface area contributed by atoms with Gasteiger partial charge in [-0.3, -0.25) is 4.79 Å². The number of piperidine rings is 1. The van der Waals surface area contributed by atoms with Crippen LogP contribution in [0, 0.1) is 11.8 Å². The van der Waals surface area contributed by atoms with Crippen molar-refractivity contribution in [3.8, 4) is 5.75 Å². The lowest BCUT2D eigenvalue weighted by Gasteiger charge is -2.46. The van der Waals surface area contributed by atoms with E-state index in [1.165, 1.54) is 12.7 Å². The average Bonchev–Trinajstić information content (AvgIpc) is 2.85. The maximum absolute atomic E-state index is 12.7. The van der Waals surface area contributed by atoms with Gasteiger partial charge in [-0.15, -0.1) is 0 Å². The number of aromatic hydroxyl groups is 1. The number of hydrogen-bond donors (Lipinski definition) is 2. The minimum atomic E-state index is -0.304. The third-order valence-electron chi connectivity index (χ3n) is 7.69. The minimum absolute atomic E-state index is 0.0266. The molecule has 0 radical (unpaired) electrons. The Hall–Kier alpha value is -2.86. The number of likely N-dealkylation sites (tertiary alicyclic amines) is 1. The first-order chi connectivity index (χ1) is 16.6. The molecule has 6 heteroatoms. The van der Waals surface area contributed by atoms with Crippen LogP contribution in [0.15, 0.2) is 48.5 Å². The monoisotopic (exact) mass is 480 g/mol. The SMILES string of the molecule is COC(=O)c1cccc([C@]2(C)CCN(C[C@@H](NC(=O)CCc3ccc(O)cc3)C(C)C)C[C@@H]2C)c1. The Morgan fingerprint density at radius 1 is 1.20 bits per heavy atom. The predicted octanol–water partition coefficient (Wildman–Crippen LogP) is 4.55. The maximum atomic E-state index is 12.7. The van der Waals surface area contributed by atoms with Crippen molar-refractivity contribution in [2.24, 2.45) is 11.8 Å². The van der Waals surface area contributed by atoms with Crippen LogP contribution in [0.5, 0.6) is 5.75 Å². The average molecular weight is 481 g/mol. The Labute approximate surface area is 209 Å². The Bertz CT molecular complexity index is 1000. The summed E-state index contributed by atoms with van der Waals surface area (Å²) in [6, 6.07) is 14.9. The summed E-state index contributed by atoms with van der Waals surface area (Å²) in [7, 11) is 1.41. The molecule has 3 rings (SSSR count). The van der Waals surface area contributed by atoms with Crippen molar-refractivity contribution >= 4 is 11.9 Å². The molecule has 1 fully saturated rings. The van der Waals surface area contributed by atoms with E-state index < -0.39 is 0 Å². The Kier molecular flexibility index (Phi) is 8.95. The second-order valence-corrected chi connectivity index (χ2v) is 10.5. The van der Waals surface area contributed by atoms with E-state index in [9.17, 15) is 14.7 Å². The molecule has 2 aromatic rings. The number of aryl methyl sites for hydroxylation is 1. The largest absolute Gasteiger partial charge is 0.508 e. The van der Waals surface area contributed by atoms with Crippen molar-refractivity contribution < 1.29 is 19.4 Å². The minimum Gasteiger partial charge on any atom is -0.508 e. The van der Waals surface area contributed by atoms with Gasteiger partial charge in [0.2, 0.25) is 5.91 Å². The third-order valence-corrected chi connectivity index (χ3v) is 7.69. The summed E-state index contributed by atoms with van der Waals surface area (Å²) < 4.78 is 4.91. The molecule has 0 saturated carbocycles. The number of nitrogens with one attached hydrogen (secondary N) is 1. The van der Waals surface area contributed by atoms with Crippen LogP contribution in [0.1, 0.15) is 62.0 Å². The highest BCUT2D eigenvalue weighted by molar-refractivity contribution is 5.89. The summed E-state index contributed by atoms with van der Waals surface area (Å²) >= 11 is 0.